The first-order valence-electron chi connectivity index (χ1n) is 12.9. The van der Waals surface area contributed by atoms with Crippen molar-refractivity contribution in [1.82, 2.24) is 15.8 Å². The van der Waals surface area contributed by atoms with Crippen molar-refractivity contribution < 1.29 is 23.2 Å². The SMILES string of the molecule is CC(C)(C)N(NC(=O)NC(c1ccccc1Cl)P(=O)(Oc1ccccc1)Oc1ccccc1)C(=O)c1ccccc1. The lowest BCUT2D eigenvalue weighted by atomic mass is 10.1. The third kappa shape index (κ3) is 7.69. The molecule has 2 N–H and O–H groups in total. The van der Waals surface area contributed by atoms with Gasteiger partial charge in [-0.1, -0.05) is 84.4 Å². The van der Waals surface area contributed by atoms with Gasteiger partial charge in [0.1, 0.15) is 11.5 Å². The number of carbonyl (C=O) groups is 2. The molecule has 0 saturated heterocycles. The number of urea groups is 1. The molecule has 0 heterocycles. The molecule has 0 aromatic heterocycles. The molecule has 212 valence electrons. The van der Waals surface area contributed by atoms with Gasteiger partial charge in [-0.05, 0) is 63.2 Å². The average molecular weight is 592 g/mol. The molecule has 4 aromatic rings. The van der Waals surface area contributed by atoms with E-state index >= 15 is 0 Å². The topological polar surface area (TPSA) is 97.0 Å². The van der Waals surface area contributed by atoms with E-state index in [2.05, 4.69) is 10.7 Å². The van der Waals surface area contributed by atoms with Crippen LogP contribution in [0.3, 0.4) is 0 Å². The van der Waals surface area contributed by atoms with Gasteiger partial charge in [-0.3, -0.25) is 4.79 Å². The molecule has 4 aromatic carbocycles. The lowest BCUT2D eigenvalue weighted by Crippen LogP contribution is -2.58. The number of hydrogen-bond acceptors (Lipinski definition) is 5. The fourth-order valence-corrected chi connectivity index (χ4v) is 6.14. The van der Waals surface area contributed by atoms with Crippen LogP contribution in [0.15, 0.2) is 115 Å². The van der Waals surface area contributed by atoms with Crippen molar-refractivity contribution in [2.45, 2.75) is 32.1 Å². The Hall–Kier alpha value is -4.26. The van der Waals surface area contributed by atoms with Crippen LogP contribution in [0.25, 0.3) is 0 Å². The van der Waals surface area contributed by atoms with Crippen molar-refractivity contribution in [3.05, 3.63) is 131 Å². The fourth-order valence-electron chi connectivity index (χ4n) is 3.90. The summed E-state index contributed by atoms with van der Waals surface area (Å²) in [4.78, 5) is 27.0. The van der Waals surface area contributed by atoms with Crippen LogP contribution in [0.2, 0.25) is 5.02 Å². The smallest absolute Gasteiger partial charge is 0.414 e. The Morgan fingerprint density at radius 2 is 1.22 bits per heavy atom. The van der Waals surface area contributed by atoms with Gasteiger partial charge in [-0.15, -0.1) is 0 Å². The molecule has 0 spiro atoms. The van der Waals surface area contributed by atoms with Crippen LogP contribution in [0, 0.1) is 0 Å². The number of hydrogen-bond donors (Lipinski definition) is 2. The molecule has 41 heavy (non-hydrogen) atoms. The third-order valence-electron chi connectivity index (χ3n) is 5.84. The van der Waals surface area contributed by atoms with E-state index in [1.54, 1.807) is 136 Å². The summed E-state index contributed by atoms with van der Waals surface area (Å²) in [5.41, 5.74) is 2.51. The zero-order valence-electron chi connectivity index (χ0n) is 22.9. The van der Waals surface area contributed by atoms with E-state index < -0.39 is 30.9 Å². The summed E-state index contributed by atoms with van der Waals surface area (Å²) in [6.45, 7) is 5.34. The lowest BCUT2D eigenvalue weighted by molar-refractivity contribution is 0.0449. The third-order valence-corrected chi connectivity index (χ3v) is 8.16. The number of benzene rings is 4. The summed E-state index contributed by atoms with van der Waals surface area (Å²) < 4.78 is 26.8. The van der Waals surface area contributed by atoms with E-state index in [1.165, 1.54) is 5.01 Å². The molecule has 8 nitrogen and oxygen atoms in total. The fraction of sp³-hybridized carbons (Fsp3) is 0.161. The Labute approximate surface area is 244 Å². The average Bonchev–Trinajstić information content (AvgIpc) is 2.95. The second-order valence-electron chi connectivity index (χ2n) is 10.0. The van der Waals surface area contributed by atoms with E-state index in [0.29, 0.717) is 11.1 Å². The van der Waals surface area contributed by atoms with E-state index in [-0.39, 0.29) is 16.5 Å². The highest BCUT2D eigenvalue weighted by molar-refractivity contribution is 7.55. The Morgan fingerprint density at radius 1 is 0.756 bits per heavy atom. The Morgan fingerprint density at radius 3 is 1.71 bits per heavy atom. The van der Waals surface area contributed by atoms with Crippen LogP contribution in [0.5, 0.6) is 11.5 Å². The van der Waals surface area contributed by atoms with Gasteiger partial charge in [0.2, 0.25) is 0 Å². The first-order valence-corrected chi connectivity index (χ1v) is 14.9. The van der Waals surface area contributed by atoms with Crippen molar-refractivity contribution in [3.63, 3.8) is 0 Å². The van der Waals surface area contributed by atoms with Crippen molar-refractivity contribution in [3.8, 4) is 11.5 Å². The van der Waals surface area contributed by atoms with Crippen molar-refractivity contribution in [2.24, 2.45) is 0 Å². The zero-order valence-corrected chi connectivity index (χ0v) is 24.5. The van der Waals surface area contributed by atoms with Gasteiger partial charge in [0.05, 0.1) is 5.54 Å². The molecule has 3 amide bonds. The number of hydrazine groups is 1. The lowest BCUT2D eigenvalue weighted by Gasteiger charge is -2.36. The van der Waals surface area contributed by atoms with E-state index in [9.17, 15) is 14.2 Å². The predicted molar refractivity (Wildman–Crippen MR) is 160 cm³/mol. The minimum absolute atomic E-state index is 0.236. The maximum absolute atomic E-state index is 14.8. The summed E-state index contributed by atoms with van der Waals surface area (Å²) in [6, 6.07) is 31.4. The number of halogens is 1. The van der Waals surface area contributed by atoms with Crippen LogP contribution in [-0.4, -0.2) is 22.5 Å². The normalized spacial score (nSPS) is 12.1. The van der Waals surface area contributed by atoms with Crippen LogP contribution < -0.4 is 19.8 Å². The maximum Gasteiger partial charge on any atom is 0.457 e. The van der Waals surface area contributed by atoms with Crippen LogP contribution in [-0.2, 0) is 4.57 Å². The molecule has 0 aliphatic carbocycles. The summed E-state index contributed by atoms with van der Waals surface area (Å²) in [5.74, 6) is -1.26. The van der Waals surface area contributed by atoms with E-state index in [0.717, 1.165) is 0 Å². The Bertz CT molecular complexity index is 1470. The number of rotatable bonds is 8. The standard InChI is InChI=1S/C31H31ClN3O5P/c1-31(2,3)35(29(36)23-15-7-4-8-16-23)34-30(37)33-28(26-21-13-14-22-27(26)32)41(38,39-24-17-9-5-10-18-24)40-25-19-11-6-12-20-25/h4-22,28H,1-3H3,(H2,33,34,37). The van der Waals surface area contributed by atoms with Crippen molar-refractivity contribution in [2.75, 3.05) is 0 Å². The van der Waals surface area contributed by atoms with E-state index in [4.69, 9.17) is 20.6 Å². The molecular formula is C31H31ClN3O5P. The molecule has 0 fully saturated rings. The van der Waals surface area contributed by atoms with Gasteiger partial charge >= 0.3 is 13.6 Å². The number of amides is 3. The van der Waals surface area contributed by atoms with Gasteiger partial charge < -0.3 is 14.4 Å². The minimum Gasteiger partial charge on any atom is -0.414 e. The second-order valence-corrected chi connectivity index (χ2v) is 12.4. The molecule has 10 heteroatoms. The van der Waals surface area contributed by atoms with Crippen LogP contribution in [0.4, 0.5) is 4.79 Å². The summed E-state index contributed by atoms with van der Waals surface area (Å²) in [6.07, 6.45) is 0. The highest BCUT2D eigenvalue weighted by atomic mass is 35.5. The van der Waals surface area contributed by atoms with Crippen molar-refractivity contribution >= 4 is 31.1 Å². The first-order chi connectivity index (χ1) is 19.6. The highest BCUT2D eigenvalue weighted by Crippen LogP contribution is 2.59. The molecule has 1 atom stereocenters. The van der Waals surface area contributed by atoms with Crippen LogP contribution >= 0.6 is 19.2 Å². The predicted octanol–water partition coefficient (Wildman–Crippen LogP) is 7.84. The van der Waals surface area contributed by atoms with Crippen LogP contribution in [0.1, 0.15) is 42.5 Å². The molecule has 0 aliphatic rings. The molecule has 0 saturated carbocycles. The molecule has 1 unspecified atom stereocenters. The van der Waals surface area contributed by atoms with Crippen molar-refractivity contribution in [1.29, 1.82) is 0 Å². The molecule has 4 rings (SSSR count). The summed E-state index contributed by atoms with van der Waals surface area (Å²) in [5, 5.41) is 4.17. The molecular weight excluding hydrogens is 561 g/mol. The number of nitrogens with zero attached hydrogens (tertiary/aromatic N) is 1. The number of para-hydroxylation sites is 2. The second kappa shape index (κ2) is 12.9. The summed E-state index contributed by atoms with van der Waals surface area (Å²) in [7, 11) is -4.30. The first kappa shape index (κ1) is 29.7. The molecule has 0 radical (unpaired) electrons. The minimum atomic E-state index is -4.30. The maximum atomic E-state index is 14.8. The molecule has 0 bridgehead atoms. The van der Waals surface area contributed by atoms with Gasteiger partial charge in [-0.25, -0.2) is 19.8 Å². The summed E-state index contributed by atoms with van der Waals surface area (Å²) >= 11 is 6.55. The quantitative estimate of drug-likeness (QED) is 0.161. The zero-order chi connectivity index (χ0) is 29.5. The van der Waals surface area contributed by atoms with Gasteiger partial charge in [0.25, 0.3) is 5.91 Å². The van der Waals surface area contributed by atoms with Gasteiger partial charge in [0, 0.05) is 16.1 Å². The van der Waals surface area contributed by atoms with Gasteiger partial charge in [0.15, 0.2) is 5.78 Å². The number of carbonyl (C=O) groups excluding carboxylic acids is 2. The Kier molecular flexibility index (Phi) is 9.38. The molecule has 0 aliphatic heterocycles. The monoisotopic (exact) mass is 591 g/mol. The van der Waals surface area contributed by atoms with Gasteiger partial charge in [-0.2, -0.15) is 0 Å². The van der Waals surface area contributed by atoms with E-state index in [1.807, 2.05) is 0 Å². The largest absolute Gasteiger partial charge is 0.457 e. The number of nitrogens with one attached hydrogen (secondary N) is 2. The highest BCUT2D eigenvalue weighted by Gasteiger charge is 2.43. The Balaban J connectivity index is 1.73.